The summed E-state index contributed by atoms with van der Waals surface area (Å²) in [5.41, 5.74) is 3.89. The van der Waals surface area contributed by atoms with Gasteiger partial charge >= 0.3 is 0 Å². The van der Waals surface area contributed by atoms with Crippen molar-refractivity contribution in [2.24, 2.45) is 0 Å². The van der Waals surface area contributed by atoms with Gasteiger partial charge in [0.25, 0.3) is 0 Å². The zero-order chi connectivity index (χ0) is 21.3. The van der Waals surface area contributed by atoms with Gasteiger partial charge in [0, 0.05) is 34.2 Å². The van der Waals surface area contributed by atoms with Crippen molar-refractivity contribution in [2.75, 3.05) is 7.11 Å². The van der Waals surface area contributed by atoms with Gasteiger partial charge in [0.2, 0.25) is 0 Å². The van der Waals surface area contributed by atoms with Crippen LogP contribution in [0.5, 0.6) is 11.5 Å². The Labute approximate surface area is 175 Å². The highest BCUT2D eigenvalue weighted by Gasteiger charge is 2.08. The fourth-order valence-corrected chi connectivity index (χ4v) is 2.71. The molecule has 4 heteroatoms. The summed E-state index contributed by atoms with van der Waals surface area (Å²) in [7, 11) is 1.55. The van der Waals surface area contributed by atoms with Crippen LogP contribution in [0.3, 0.4) is 0 Å². The number of benzene rings is 3. The minimum Gasteiger partial charge on any atom is -0.507 e. The molecule has 0 spiro atoms. The Bertz CT molecular complexity index is 1180. The van der Waals surface area contributed by atoms with Gasteiger partial charge in [-0.25, -0.2) is 0 Å². The lowest BCUT2D eigenvalue weighted by atomic mass is 10.1. The van der Waals surface area contributed by atoms with E-state index >= 15 is 0 Å². The summed E-state index contributed by atoms with van der Waals surface area (Å²) >= 11 is 0. The Kier molecular flexibility index (Phi) is 6.66. The van der Waals surface area contributed by atoms with Gasteiger partial charge in [-0.1, -0.05) is 47.9 Å². The van der Waals surface area contributed by atoms with Crippen LogP contribution in [0.15, 0.2) is 60.7 Å². The van der Waals surface area contributed by atoms with E-state index in [9.17, 15) is 14.7 Å². The number of phenols is 1. The summed E-state index contributed by atoms with van der Waals surface area (Å²) in [6.45, 7) is 0. The van der Waals surface area contributed by atoms with E-state index in [-0.39, 0.29) is 5.75 Å². The van der Waals surface area contributed by atoms with Gasteiger partial charge in [-0.15, -0.1) is 0 Å². The molecule has 30 heavy (non-hydrogen) atoms. The van der Waals surface area contributed by atoms with Crippen LogP contribution in [0, 0.1) is 23.7 Å². The van der Waals surface area contributed by atoms with Crippen LogP contribution in [-0.4, -0.2) is 24.8 Å². The molecule has 0 radical (unpaired) electrons. The maximum Gasteiger partial charge on any atom is 0.150 e. The van der Waals surface area contributed by atoms with Crippen molar-refractivity contribution in [1.82, 2.24) is 0 Å². The minimum atomic E-state index is 0.0416. The van der Waals surface area contributed by atoms with E-state index in [1.165, 1.54) is 0 Å². The summed E-state index contributed by atoms with van der Waals surface area (Å²) in [5, 5.41) is 10.4. The first-order valence-corrected chi connectivity index (χ1v) is 9.14. The van der Waals surface area contributed by atoms with Crippen molar-refractivity contribution < 1.29 is 19.4 Å². The highest BCUT2D eigenvalue weighted by molar-refractivity contribution is 5.75. The highest BCUT2D eigenvalue weighted by atomic mass is 16.5. The second-order valence-electron chi connectivity index (χ2n) is 6.39. The average Bonchev–Trinajstić information content (AvgIpc) is 2.79. The smallest absolute Gasteiger partial charge is 0.150 e. The number of hydrogen-bond acceptors (Lipinski definition) is 4. The minimum absolute atomic E-state index is 0.0416. The molecule has 146 valence electrons. The maximum atomic E-state index is 10.7. The fraction of sp³-hybridized carbons (Fsp3) is 0.0769. The lowest BCUT2D eigenvalue weighted by molar-refractivity contribution is 0.111. The number of ether oxygens (including phenoxy) is 1. The number of aromatic hydroxyl groups is 1. The molecule has 0 aromatic heterocycles. The van der Waals surface area contributed by atoms with Gasteiger partial charge in [-0.2, -0.15) is 0 Å². The SMILES string of the molecule is COc1cc(C#Cc2ccc(C=O)cc2)c(O)cc1CC#Cc1ccc(C=O)cc1. The third-order valence-electron chi connectivity index (χ3n) is 4.35. The summed E-state index contributed by atoms with van der Waals surface area (Å²) in [5.74, 6) is 12.6. The van der Waals surface area contributed by atoms with Crippen LogP contribution >= 0.6 is 0 Å². The van der Waals surface area contributed by atoms with Crippen LogP contribution in [0.2, 0.25) is 0 Å². The predicted octanol–water partition coefficient (Wildman–Crippen LogP) is 4.02. The Hall–Kier alpha value is -4.28. The molecule has 3 aromatic rings. The maximum absolute atomic E-state index is 10.7. The van der Waals surface area contributed by atoms with Crippen LogP contribution < -0.4 is 4.74 Å². The van der Waals surface area contributed by atoms with Crippen molar-refractivity contribution in [1.29, 1.82) is 0 Å². The van der Waals surface area contributed by atoms with Crippen LogP contribution in [0.1, 0.15) is 43.0 Å². The normalized spacial score (nSPS) is 9.50. The van der Waals surface area contributed by atoms with Gasteiger partial charge in [0.05, 0.1) is 12.7 Å². The number of hydrogen-bond donors (Lipinski definition) is 1. The molecular weight excluding hydrogens is 376 g/mol. The van der Waals surface area contributed by atoms with Crippen LogP contribution in [0.25, 0.3) is 0 Å². The zero-order valence-electron chi connectivity index (χ0n) is 16.3. The molecule has 3 rings (SSSR count). The van der Waals surface area contributed by atoms with E-state index in [0.29, 0.717) is 28.9 Å². The third kappa shape index (κ3) is 5.16. The van der Waals surface area contributed by atoms with Crippen molar-refractivity contribution >= 4 is 12.6 Å². The molecule has 0 aliphatic carbocycles. The van der Waals surface area contributed by atoms with E-state index in [2.05, 4.69) is 23.7 Å². The highest BCUT2D eigenvalue weighted by Crippen LogP contribution is 2.28. The molecule has 0 bridgehead atoms. The number of carbonyl (C=O) groups is 2. The van der Waals surface area contributed by atoms with E-state index in [0.717, 1.165) is 29.3 Å². The molecule has 1 N–H and O–H groups in total. The van der Waals surface area contributed by atoms with Crippen molar-refractivity contribution in [3.63, 3.8) is 0 Å². The number of phenolic OH excluding ortho intramolecular Hbond substituents is 1. The average molecular weight is 394 g/mol. The number of carbonyl (C=O) groups excluding carboxylic acids is 2. The molecular formula is C26H18O4. The molecule has 0 amide bonds. The fourth-order valence-electron chi connectivity index (χ4n) is 2.71. The van der Waals surface area contributed by atoms with Crippen molar-refractivity contribution in [3.8, 4) is 35.2 Å². The Morgan fingerprint density at radius 1 is 0.833 bits per heavy atom. The van der Waals surface area contributed by atoms with E-state index in [1.54, 1.807) is 67.8 Å². The molecule has 0 atom stereocenters. The second-order valence-corrected chi connectivity index (χ2v) is 6.39. The van der Waals surface area contributed by atoms with Crippen LogP contribution in [0.4, 0.5) is 0 Å². The molecule has 0 unspecified atom stereocenters. The first-order chi connectivity index (χ1) is 14.6. The molecule has 0 aliphatic rings. The lowest BCUT2D eigenvalue weighted by Gasteiger charge is -2.08. The predicted molar refractivity (Wildman–Crippen MR) is 115 cm³/mol. The van der Waals surface area contributed by atoms with Crippen LogP contribution in [-0.2, 0) is 6.42 Å². The Morgan fingerprint density at radius 2 is 1.40 bits per heavy atom. The van der Waals surface area contributed by atoms with Crippen molar-refractivity contribution in [2.45, 2.75) is 6.42 Å². The third-order valence-corrected chi connectivity index (χ3v) is 4.35. The summed E-state index contributed by atoms with van der Waals surface area (Å²) in [6, 6.07) is 17.1. The van der Waals surface area contributed by atoms with Gasteiger partial charge < -0.3 is 9.84 Å². The summed E-state index contributed by atoms with van der Waals surface area (Å²) in [4.78, 5) is 21.4. The van der Waals surface area contributed by atoms with E-state index in [4.69, 9.17) is 4.74 Å². The molecule has 3 aromatic carbocycles. The van der Waals surface area contributed by atoms with Gasteiger partial charge in [-0.05, 0) is 36.4 Å². The first-order valence-electron chi connectivity index (χ1n) is 9.14. The molecule has 0 heterocycles. The molecule has 0 aliphatic heterocycles. The van der Waals surface area contributed by atoms with Gasteiger partial charge in [-0.3, -0.25) is 9.59 Å². The summed E-state index contributed by atoms with van der Waals surface area (Å²) < 4.78 is 5.43. The summed E-state index contributed by atoms with van der Waals surface area (Å²) in [6.07, 6.45) is 1.94. The van der Waals surface area contributed by atoms with E-state index in [1.807, 2.05) is 0 Å². The molecule has 0 fully saturated rings. The standard InChI is InChI=1S/C26H18O4/c1-30-26-16-23(14-13-20-7-11-22(18-28)12-8-20)25(29)15-24(26)4-2-3-19-5-9-21(17-27)10-6-19/h5-12,15-18,29H,4H2,1H3. The number of methoxy groups -OCH3 is 1. The quantitative estimate of drug-likeness (QED) is 0.536. The topological polar surface area (TPSA) is 63.6 Å². The lowest BCUT2D eigenvalue weighted by Crippen LogP contribution is -1.93. The number of aldehydes is 2. The first kappa shape index (κ1) is 20.5. The zero-order valence-corrected chi connectivity index (χ0v) is 16.3. The molecule has 4 nitrogen and oxygen atoms in total. The largest absolute Gasteiger partial charge is 0.507 e. The molecule has 0 saturated carbocycles. The Balaban J connectivity index is 1.80. The number of rotatable bonds is 4. The van der Waals surface area contributed by atoms with E-state index < -0.39 is 0 Å². The second kappa shape index (κ2) is 9.78. The van der Waals surface area contributed by atoms with Crippen molar-refractivity contribution in [3.05, 3.63) is 94.0 Å². The molecule has 0 saturated heterocycles. The van der Waals surface area contributed by atoms with Gasteiger partial charge in [0.15, 0.2) is 0 Å². The Morgan fingerprint density at radius 3 is 1.93 bits per heavy atom. The monoisotopic (exact) mass is 394 g/mol. The van der Waals surface area contributed by atoms with Gasteiger partial charge in [0.1, 0.15) is 24.1 Å².